The number of carbonyl (C=O) groups is 2. The Balaban J connectivity index is 2.21. The third-order valence-corrected chi connectivity index (χ3v) is 2.93. The number of amidine groups is 1. The van der Waals surface area contributed by atoms with Crippen molar-refractivity contribution in [2.24, 2.45) is 16.1 Å². The Labute approximate surface area is 81.8 Å². The third-order valence-electron chi connectivity index (χ3n) is 2.93. The summed E-state index contributed by atoms with van der Waals surface area (Å²) >= 11 is 0. The van der Waals surface area contributed by atoms with Crippen LogP contribution in [0.5, 0.6) is 0 Å². The molecule has 0 atom stereocenters. The van der Waals surface area contributed by atoms with Crippen LogP contribution in [-0.4, -0.2) is 24.2 Å². The van der Waals surface area contributed by atoms with Crippen LogP contribution < -0.4 is 11.1 Å². The number of nitrogens with zero attached hydrogens (tertiary/aromatic N) is 1. The number of amides is 2. The van der Waals surface area contributed by atoms with E-state index in [-0.39, 0.29) is 11.8 Å². The number of nitrogens with two attached hydrogens (primary N) is 1. The lowest BCUT2D eigenvalue weighted by atomic mass is 9.67. The van der Waals surface area contributed by atoms with E-state index < -0.39 is 5.41 Å². The van der Waals surface area contributed by atoms with Crippen molar-refractivity contribution in [3.05, 3.63) is 0 Å². The lowest BCUT2D eigenvalue weighted by molar-refractivity contribution is -0.147. The molecular formula is C9H13N3O2. The van der Waals surface area contributed by atoms with Crippen molar-refractivity contribution in [1.82, 2.24) is 5.32 Å². The highest BCUT2D eigenvalue weighted by atomic mass is 16.2. The molecule has 5 heteroatoms. The Kier molecular flexibility index (Phi) is 2.11. The molecule has 1 saturated carbocycles. The predicted molar refractivity (Wildman–Crippen MR) is 50.5 cm³/mol. The van der Waals surface area contributed by atoms with E-state index in [0.717, 1.165) is 6.42 Å². The van der Waals surface area contributed by atoms with Crippen LogP contribution in [0.15, 0.2) is 4.99 Å². The lowest BCUT2D eigenvalue weighted by Gasteiger charge is -2.39. The summed E-state index contributed by atoms with van der Waals surface area (Å²) in [6.07, 6.45) is 2.66. The van der Waals surface area contributed by atoms with Crippen LogP contribution in [0.3, 0.4) is 0 Å². The van der Waals surface area contributed by atoms with E-state index in [0.29, 0.717) is 31.6 Å². The zero-order valence-electron chi connectivity index (χ0n) is 7.88. The van der Waals surface area contributed by atoms with Gasteiger partial charge >= 0.3 is 0 Å². The number of nitrogens with one attached hydrogen (secondary N) is 1. The van der Waals surface area contributed by atoms with E-state index in [1.807, 2.05) is 0 Å². The van der Waals surface area contributed by atoms with E-state index in [9.17, 15) is 9.59 Å². The van der Waals surface area contributed by atoms with Crippen LogP contribution in [-0.2, 0) is 9.59 Å². The van der Waals surface area contributed by atoms with Crippen molar-refractivity contribution in [2.45, 2.75) is 25.7 Å². The molecule has 76 valence electrons. The number of aliphatic imine (C=N–C) groups is 1. The molecule has 2 amide bonds. The van der Waals surface area contributed by atoms with Gasteiger partial charge in [-0.1, -0.05) is 6.42 Å². The minimum atomic E-state index is -0.821. The fraction of sp³-hybridized carbons (Fsp3) is 0.667. The second kappa shape index (κ2) is 3.16. The molecule has 0 aromatic heterocycles. The van der Waals surface area contributed by atoms with Gasteiger partial charge in [-0.3, -0.25) is 9.59 Å². The van der Waals surface area contributed by atoms with Gasteiger partial charge in [0.25, 0.3) is 5.91 Å². The summed E-state index contributed by atoms with van der Waals surface area (Å²) in [5.74, 6) is -0.0526. The number of hydrogen-bond acceptors (Lipinski definition) is 3. The summed E-state index contributed by atoms with van der Waals surface area (Å²) in [7, 11) is 0. The molecule has 0 unspecified atom stereocenters. The fourth-order valence-corrected chi connectivity index (χ4v) is 1.83. The van der Waals surface area contributed by atoms with Gasteiger partial charge in [-0.2, -0.15) is 4.99 Å². The first-order chi connectivity index (χ1) is 6.69. The number of hydrogen-bond donors (Lipinski definition) is 2. The van der Waals surface area contributed by atoms with Gasteiger partial charge in [-0.25, -0.2) is 0 Å². The average molecular weight is 195 g/mol. The van der Waals surface area contributed by atoms with E-state index in [2.05, 4.69) is 10.3 Å². The van der Waals surface area contributed by atoms with Crippen molar-refractivity contribution < 1.29 is 9.59 Å². The summed E-state index contributed by atoms with van der Waals surface area (Å²) in [6.45, 7) is 0.388. The van der Waals surface area contributed by atoms with Crippen LogP contribution in [0.25, 0.3) is 0 Å². The second-order valence-corrected chi connectivity index (χ2v) is 3.79. The van der Waals surface area contributed by atoms with Crippen LogP contribution >= 0.6 is 0 Å². The Morgan fingerprint density at radius 3 is 2.57 bits per heavy atom. The molecule has 1 aliphatic carbocycles. The fourth-order valence-electron chi connectivity index (χ4n) is 1.83. The first-order valence-electron chi connectivity index (χ1n) is 4.82. The Morgan fingerprint density at radius 1 is 1.43 bits per heavy atom. The minimum Gasteiger partial charge on any atom is -0.330 e. The van der Waals surface area contributed by atoms with Gasteiger partial charge in [-0.05, 0) is 19.4 Å². The van der Waals surface area contributed by atoms with Gasteiger partial charge in [-0.15, -0.1) is 0 Å². The highest BCUT2D eigenvalue weighted by molar-refractivity contribution is 6.19. The zero-order chi connectivity index (χ0) is 10.2. The van der Waals surface area contributed by atoms with E-state index in [1.54, 1.807) is 0 Å². The summed E-state index contributed by atoms with van der Waals surface area (Å²) in [5, 5.41) is 2.65. The predicted octanol–water partition coefficient (Wildman–Crippen LogP) is -0.440. The van der Waals surface area contributed by atoms with Crippen LogP contribution in [0.4, 0.5) is 0 Å². The largest absolute Gasteiger partial charge is 0.330 e. The van der Waals surface area contributed by atoms with E-state index in [1.165, 1.54) is 0 Å². The number of rotatable bonds is 2. The van der Waals surface area contributed by atoms with Crippen molar-refractivity contribution in [3.8, 4) is 0 Å². The maximum Gasteiger partial charge on any atom is 0.263 e. The highest BCUT2D eigenvalue weighted by Gasteiger charge is 2.52. The first kappa shape index (κ1) is 9.33. The Hall–Kier alpha value is -1.23. The smallest absolute Gasteiger partial charge is 0.263 e. The van der Waals surface area contributed by atoms with Gasteiger partial charge in [0.1, 0.15) is 11.3 Å². The first-order valence-corrected chi connectivity index (χ1v) is 4.82. The standard InChI is InChI=1S/C9H13N3O2/c10-5-2-6-11-7(13)9(3-1-4-9)8(14)12-6/h1-5,10H2,(H,11,12,13,14). The molecule has 0 aromatic carbocycles. The molecular weight excluding hydrogens is 182 g/mol. The van der Waals surface area contributed by atoms with Gasteiger partial charge in [0.2, 0.25) is 5.91 Å². The molecule has 2 rings (SSSR count). The third kappa shape index (κ3) is 1.16. The average Bonchev–Trinajstić information content (AvgIpc) is 2.00. The molecule has 1 fully saturated rings. The maximum absolute atomic E-state index is 11.6. The van der Waals surface area contributed by atoms with Crippen molar-refractivity contribution in [2.75, 3.05) is 6.54 Å². The molecule has 14 heavy (non-hydrogen) atoms. The van der Waals surface area contributed by atoms with Gasteiger partial charge < -0.3 is 11.1 Å². The van der Waals surface area contributed by atoms with Crippen molar-refractivity contribution in [3.63, 3.8) is 0 Å². The molecule has 0 radical (unpaired) electrons. The molecule has 1 spiro atoms. The van der Waals surface area contributed by atoms with Crippen molar-refractivity contribution in [1.29, 1.82) is 0 Å². The highest BCUT2D eigenvalue weighted by Crippen LogP contribution is 2.43. The summed E-state index contributed by atoms with van der Waals surface area (Å²) in [4.78, 5) is 27.1. The summed E-state index contributed by atoms with van der Waals surface area (Å²) < 4.78 is 0. The Morgan fingerprint density at radius 2 is 2.14 bits per heavy atom. The normalized spacial score (nSPS) is 24.2. The quantitative estimate of drug-likeness (QED) is 0.586. The van der Waals surface area contributed by atoms with Gasteiger partial charge in [0.15, 0.2) is 0 Å². The van der Waals surface area contributed by atoms with Crippen LogP contribution in [0.1, 0.15) is 25.7 Å². The SMILES string of the molecule is NCCC1=NC(=O)C2(CCC2)C(=O)N1. The maximum atomic E-state index is 11.6. The molecule has 1 heterocycles. The lowest BCUT2D eigenvalue weighted by Crippen LogP contribution is -2.56. The monoisotopic (exact) mass is 195 g/mol. The molecule has 0 aromatic rings. The molecule has 3 N–H and O–H groups in total. The molecule has 1 aliphatic heterocycles. The second-order valence-electron chi connectivity index (χ2n) is 3.79. The van der Waals surface area contributed by atoms with Crippen LogP contribution in [0.2, 0.25) is 0 Å². The van der Waals surface area contributed by atoms with Crippen LogP contribution in [0, 0.1) is 5.41 Å². The van der Waals surface area contributed by atoms with Gasteiger partial charge in [0, 0.05) is 6.42 Å². The molecule has 5 nitrogen and oxygen atoms in total. The minimum absolute atomic E-state index is 0.188. The van der Waals surface area contributed by atoms with E-state index >= 15 is 0 Å². The Bertz CT molecular complexity index is 318. The molecule has 0 saturated heterocycles. The molecule has 0 bridgehead atoms. The van der Waals surface area contributed by atoms with Crippen molar-refractivity contribution >= 4 is 17.6 Å². The summed E-state index contributed by atoms with van der Waals surface area (Å²) in [5.41, 5.74) is 4.50. The summed E-state index contributed by atoms with van der Waals surface area (Å²) in [6, 6.07) is 0. The van der Waals surface area contributed by atoms with Gasteiger partial charge in [0.05, 0.1) is 0 Å². The molecule has 2 aliphatic rings. The zero-order valence-corrected chi connectivity index (χ0v) is 7.88. The number of carbonyl (C=O) groups excluding carboxylic acids is 2. The van der Waals surface area contributed by atoms with E-state index in [4.69, 9.17) is 5.73 Å². The topological polar surface area (TPSA) is 84.5 Å².